The van der Waals surface area contributed by atoms with Gasteiger partial charge in [-0.2, -0.15) is 0 Å². The molecule has 0 aromatic heterocycles. The minimum atomic E-state index is -2.79. The Morgan fingerprint density at radius 3 is 1.09 bits per heavy atom. The van der Waals surface area contributed by atoms with Crippen molar-refractivity contribution in [1.82, 2.24) is 0 Å². The summed E-state index contributed by atoms with van der Waals surface area (Å²) in [5.74, 6) is 7.36. The summed E-state index contributed by atoms with van der Waals surface area (Å²) in [6.45, 7) is 0. The standard InChI is InChI=1S/C46H26Ge2N2O4/c1-3-11-26(12-4-1)49-28-15-7-19-32-39(28)47-41-30(49)17-9-21-34(41)53-45-38-25(23-36(51-32)43(45)47)24-37-44-46(38)54-35-22-10-18-31-42(35)48(44)40-29(16-8-20-33(40)52-37)50(31)27-13-5-2-6-14-27/h1-24,47-48H. The third-order valence-electron chi connectivity index (χ3n) is 12.1. The van der Waals surface area contributed by atoms with Crippen molar-refractivity contribution in [3.8, 4) is 46.0 Å². The topological polar surface area (TPSA) is 43.4 Å². The number of rotatable bonds is 2. The fraction of sp³-hybridized carbons (Fsp3) is 0. The summed E-state index contributed by atoms with van der Waals surface area (Å²) in [5, 5.41) is 2.03. The molecule has 8 aromatic carbocycles. The van der Waals surface area contributed by atoms with Gasteiger partial charge in [-0.1, -0.05) is 0 Å². The molecule has 0 N–H and O–H groups in total. The van der Waals surface area contributed by atoms with E-state index in [2.05, 4.69) is 155 Å². The first-order chi connectivity index (χ1) is 26.8. The van der Waals surface area contributed by atoms with Crippen LogP contribution in [-0.2, 0) is 0 Å². The molecule has 6 aliphatic rings. The third kappa shape index (κ3) is 3.36. The summed E-state index contributed by atoms with van der Waals surface area (Å²) in [6, 6.07) is 51.9. The van der Waals surface area contributed by atoms with Gasteiger partial charge in [0, 0.05) is 0 Å². The number of para-hydroxylation sites is 2. The van der Waals surface area contributed by atoms with Crippen molar-refractivity contribution >= 4 is 100.0 Å². The molecule has 0 radical (unpaired) electrons. The van der Waals surface area contributed by atoms with Crippen LogP contribution in [0.2, 0.25) is 0 Å². The monoisotopic (exact) mass is 818 g/mol. The van der Waals surface area contributed by atoms with Crippen LogP contribution in [0.3, 0.4) is 0 Å². The van der Waals surface area contributed by atoms with Gasteiger partial charge in [0.25, 0.3) is 0 Å². The molecule has 2 unspecified atom stereocenters. The zero-order valence-electron chi connectivity index (χ0n) is 28.5. The van der Waals surface area contributed by atoms with Gasteiger partial charge in [0.1, 0.15) is 0 Å². The van der Waals surface area contributed by atoms with Crippen molar-refractivity contribution in [3.05, 3.63) is 146 Å². The molecule has 0 saturated carbocycles. The molecule has 0 spiro atoms. The molecular weight excluding hydrogens is 790 g/mol. The first kappa shape index (κ1) is 28.4. The molecule has 0 fully saturated rings. The van der Waals surface area contributed by atoms with E-state index in [0.717, 1.165) is 68.1 Å². The van der Waals surface area contributed by atoms with Gasteiger partial charge in [0.2, 0.25) is 0 Å². The second-order valence-corrected chi connectivity index (χ2v) is 25.6. The van der Waals surface area contributed by atoms with Crippen LogP contribution in [0.15, 0.2) is 146 Å². The van der Waals surface area contributed by atoms with Crippen molar-refractivity contribution in [2.24, 2.45) is 0 Å². The fourth-order valence-electron chi connectivity index (χ4n) is 10.1. The predicted octanol–water partition coefficient (Wildman–Crippen LogP) is 7.33. The Balaban J connectivity index is 1.05. The Labute approximate surface area is 318 Å². The van der Waals surface area contributed by atoms with Crippen LogP contribution < -0.4 is 55.1 Å². The molecule has 6 heterocycles. The van der Waals surface area contributed by atoms with Gasteiger partial charge in [-0.05, 0) is 0 Å². The van der Waals surface area contributed by atoms with E-state index in [0.29, 0.717) is 0 Å². The van der Waals surface area contributed by atoms with Crippen LogP contribution in [-0.4, -0.2) is 28.7 Å². The molecule has 14 rings (SSSR count). The van der Waals surface area contributed by atoms with Crippen molar-refractivity contribution in [3.63, 3.8) is 0 Å². The van der Waals surface area contributed by atoms with Gasteiger partial charge < -0.3 is 0 Å². The number of anilines is 6. The molecule has 0 bridgehead atoms. The molecule has 6 nitrogen and oxygen atoms in total. The Morgan fingerprint density at radius 2 is 0.704 bits per heavy atom. The average Bonchev–Trinajstić information content (AvgIpc) is 3.21. The van der Waals surface area contributed by atoms with Gasteiger partial charge in [-0.25, -0.2) is 0 Å². The van der Waals surface area contributed by atoms with Crippen LogP contribution in [0, 0.1) is 0 Å². The maximum absolute atomic E-state index is 7.24. The van der Waals surface area contributed by atoms with Crippen molar-refractivity contribution in [1.29, 1.82) is 0 Å². The average molecular weight is 816 g/mol. The number of nitrogens with zero attached hydrogens (tertiary/aromatic N) is 2. The molecule has 252 valence electrons. The Bertz CT molecular complexity index is 2800. The Kier molecular flexibility index (Phi) is 5.21. The van der Waals surface area contributed by atoms with Crippen LogP contribution in [0.4, 0.5) is 34.1 Å². The van der Waals surface area contributed by atoms with E-state index in [-0.39, 0.29) is 0 Å². The van der Waals surface area contributed by atoms with Crippen LogP contribution >= 0.6 is 0 Å². The van der Waals surface area contributed by atoms with Crippen LogP contribution in [0.5, 0.6) is 46.0 Å². The number of fused-ring (bicyclic) bond motifs is 3. The molecule has 2 atom stereocenters. The fourth-order valence-corrected chi connectivity index (χ4v) is 25.6. The van der Waals surface area contributed by atoms with E-state index >= 15 is 0 Å². The Morgan fingerprint density at radius 1 is 0.333 bits per heavy atom. The second kappa shape index (κ2) is 9.90. The number of hydrogen-bond donors (Lipinski definition) is 0. The first-order valence-corrected chi connectivity index (χ1v) is 25.7. The van der Waals surface area contributed by atoms with Gasteiger partial charge in [-0.15, -0.1) is 0 Å². The van der Waals surface area contributed by atoms with E-state index in [1.54, 1.807) is 0 Å². The van der Waals surface area contributed by atoms with Gasteiger partial charge in [0.05, 0.1) is 0 Å². The molecule has 0 saturated heterocycles. The SMILES string of the molecule is c1ccc(N2c3cccc4[c]3[GeH]3[c]5c(cccc52)Oc2[c]3c(cc3cc5[c]6c(c23)Oc2cccc3[c]2[GeH]6[c]2c(cccc2N3c2ccccc2)O5)O4)cc1. The molecule has 54 heavy (non-hydrogen) atoms. The number of ether oxygens (including phenoxy) is 4. The summed E-state index contributed by atoms with van der Waals surface area (Å²) < 4.78 is 36.3. The molecule has 0 aliphatic carbocycles. The van der Waals surface area contributed by atoms with E-state index in [1.807, 2.05) is 0 Å². The summed E-state index contributed by atoms with van der Waals surface area (Å²) in [6.07, 6.45) is 0. The molecule has 6 aliphatic heterocycles. The number of hydrogen-bond acceptors (Lipinski definition) is 6. The Hall–Kier alpha value is -6.09. The van der Waals surface area contributed by atoms with Crippen molar-refractivity contribution < 1.29 is 18.9 Å². The van der Waals surface area contributed by atoms with E-state index in [9.17, 15) is 0 Å². The van der Waals surface area contributed by atoms with E-state index < -0.39 is 28.7 Å². The van der Waals surface area contributed by atoms with Crippen LogP contribution in [0.25, 0.3) is 10.8 Å². The van der Waals surface area contributed by atoms with E-state index in [4.69, 9.17) is 18.9 Å². The molecule has 8 heteroatoms. The van der Waals surface area contributed by atoms with E-state index in [1.165, 1.54) is 49.1 Å². The molecule has 8 aromatic rings. The van der Waals surface area contributed by atoms with Gasteiger partial charge in [0.15, 0.2) is 0 Å². The number of benzene rings is 8. The van der Waals surface area contributed by atoms with Crippen molar-refractivity contribution in [2.75, 3.05) is 9.80 Å². The minimum absolute atomic E-state index is 0.891. The van der Waals surface area contributed by atoms with Crippen molar-refractivity contribution in [2.45, 2.75) is 0 Å². The summed E-state index contributed by atoms with van der Waals surface area (Å²) in [5.41, 5.74) is 7.07. The first-order valence-electron chi connectivity index (χ1n) is 18.4. The van der Waals surface area contributed by atoms with Gasteiger partial charge in [-0.3, -0.25) is 0 Å². The maximum atomic E-state index is 7.24. The molecule has 0 amide bonds. The quantitative estimate of drug-likeness (QED) is 0.171. The molecular formula is C46H26Ge2N2O4. The summed E-state index contributed by atoms with van der Waals surface area (Å²) in [4.78, 5) is 4.78. The second-order valence-electron chi connectivity index (χ2n) is 14.7. The van der Waals surface area contributed by atoms with Gasteiger partial charge >= 0.3 is 320 Å². The third-order valence-corrected chi connectivity index (χ3v) is 26.5. The summed E-state index contributed by atoms with van der Waals surface area (Å²) >= 11 is -5.58. The van der Waals surface area contributed by atoms with Crippen LogP contribution in [0.1, 0.15) is 0 Å². The normalized spacial score (nSPS) is 17.4. The predicted molar refractivity (Wildman–Crippen MR) is 219 cm³/mol. The zero-order chi connectivity index (χ0) is 34.8. The zero-order valence-corrected chi connectivity index (χ0v) is 33.4. The summed E-state index contributed by atoms with van der Waals surface area (Å²) in [7, 11) is 0.